The lowest BCUT2D eigenvalue weighted by atomic mass is 9.84. The third kappa shape index (κ3) is 3.25. The van der Waals surface area contributed by atoms with Crippen molar-refractivity contribution in [3.05, 3.63) is 64.1 Å². The molecule has 6 heteroatoms. The highest BCUT2D eigenvalue weighted by atomic mass is 35.5. The van der Waals surface area contributed by atoms with Crippen LogP contribution in [0, 0.1) is 11.7 Å². The molecule has 2 heterocycles. The number of Topliss-reactive ketones (excluding diaryl/α,β-unsaturated/α-hetero) is 1. The molecule has 1 fully saturated rings. The minimum absolute atomic E-state index is 0.0535. The Morgan fingerprint density at radius 3 is 2.63 bits per heavy atom. The lowest BCUT2D eigenvalue weighted by Crippen LogP contribution is -2.41. The van der Waals surface area contributed by atoms with Gasteiger partial charge in [-0.3, -0.25) is 4.79 Å². The van der Waals surface area contributed by atoms with Gasteiger partial charge in [0, 0.05) is 13.0 Å². The predicted molar refractivity (Wildman–Crippen MR) is 114 cm³/mol. The summed E-state index contributed by atoms with van der Waals surface area (Å²) < 4.78 is 25.2. The van der Waals surface area contributed by atoms with E-state index >= 15 is 0 Å². The number of aliphatic hydroxyl groups is 1. The second kappa shape index (κ2) is 7.80. The van der Waals surface area contributed by atoms with Crippen LogP contribution in [-0.4, -0.2) is 36.3 Å². The van der Waals surface area contributed by atoms with E-state index in [0.717, 1.165) is 11.1 Å². The van der Waals surface area contributed by atoms with Gasteiger partial charge in [0.25, 0.3) is 0 Å². The molecule has 0 radical (unpaired) electrons. The van der Waals surface area contributed by atoms with Crippen molar-refractivity contribution in [3.63, 3.8) is 0 Å². The van der Waals surface area contributed by atoms with Crippen LogP contribution in [-0.2, 0) is 20.7 Å². The Morgan fingerprint density at radius 1 is 1.27 bits per heavy atom. The lowest BCUT2D eigenvalue weighted by molar-refractivity contribution is -0.132. The molecule has 1 saturated heterocycles. The highest BCUT2D eigenvalue weighted by Gasteiger charge is 2.56. The van der Waals surface area contributed by atoms with E-state index in [1.165, 1.54) is 12.1 Å². The number of benzene rings is 2. The van der Waals surface area contributed by atoms with E-state index in [1.807, 2.05) is 32.0 Å². The minimum Gasteiger partial charge on any atom is -0.508 e. The van der Waals surface area contributed by atoms with Crippen molar-refractivity contribution in [3.8, 4) is 11.1 Å². The van der Waals surface area contributed by atoms with Gasteiger partial charge in [0.15, 0.2) is 5.78 Å². The highest BCUT2D eigenvalue weighted by Crippen LogP contribution is 2.49. The number of ether oxygens (including phenoxy) is 2. The molecule has 0 aliphatic carbocycles. The molecule has 1 N–H and O–H groups in total. The first-order valence-corrected chi connectivity index (χ1v) is 10.4. The topological polar surface area (TPSA) is 55.8 Å². The van der Waals surface area contributed by atoms with Gasteiger partial charge >= 0.3 is 0 Å². The van der Waals surface area contributed by atoms with Gasteiger partial charge in [0.1, 0.15) is 23.3 Å². The summed E-state index contributed by atoms with van der Waals surface area (Å²) in [7, 11) is 1.60. The van der Waals surface area contributed by atoms with Crippen molar-refractivity contribution >= 4 is 23.0 Å². The van der Waals surface area contributed by atoms with Crippen LogP contribution in [0.1, 0.15) is 31.4 Å². The Morgan fingerprint density at radius 2 is 1.97 bits per heavy atom. The molecule has 0 amide bonds. The Balaban J connectivity index is 1.87. The van der Waals surface area contributed by atoms with Crippen LogP contribution in [0.2, 0.25) is 5.02 Å². The van der Waals surface area contributed by atoms with Gasteiger partial charge in [-0.05, 0) is 60.2 Å². The second-order valence-electron chi connectivity index (χ2n) is 8.04. The smallest absolute Gasteiger partial charge is 0.195 e. The van der Waals surface area contributed by atoms with Crippen LogP contribution in [0.25, 0.3) is 16.7 Å². The zero-order valence-electron chi connectivity index (χ0n) is 17.2. The van der Waals surface area contributed by atoms with E-state index in [9.17, 15) is 14.3 Å². The first-order valence-electron chi connectivity index (χ1n) is 10.0. The zero-order valence-corrected chi connectivity index (χ0v) is 17.9. The number of methoxy groups -OCH3 is 1. The summed E-state index contributed by atoms with van der Waals surface area (Å²) in [4.78, 5) is 13.2. The number of hydrogen-bond acceptors (Lipinski definition) is 4. The second-order valence-corrected chi connectivity index (χ2v) is 8.45. The summed E-state index contributed by atoms with van der Waals surface area (Å²) >= 11 is 5.82. The van der Waals surface area contributed by atoms with Crippen LogP contribution in [0.3, 0.4) is 0 Å². The van der Waals surface area contributed by atoms with Crippen LogP contribution < -0.4 is 0 Å². The number of carbonyl (C=O) groups is 1. The predicted octanol–water partition coefficient (Wildman–Crippen LogP) is 5.37. The van der Waals surface area contributed by atoms with Crippen molar-refractivity contribution in [2.24, 2.45) is 5.92 Å². The van der Waals surface area contributed by atoms with E-state index in [1.54, 1.807) is 13.2 Å². The molecule has 30 heavy (non-hydrogen) atoms. The van der Waals surface area contributed by atoms with Crippen LogP contribution in [0.5, 0.6) is 0 Å². The van der Waals surface area contributed by atoms with Gasteiger partial charge in [0.2, 0.25) is 0 Å². The van der Waals surface area contributed by atoms with Crippen molar-refractivity contribution in [2.45, 2.75) is 38.4 Å². The maximum atomic E-state index is 14.0. The van der Waals surface area contributed by atoms with E-state index in [4.69, 9.17) is 21.1 Å². The van der Waals surface area contributed by atoms with Crippen LogP contribution >= 0.6 is 11.6 Å². The monoisotopic (exact) mass is 430 g/mol. The van der Waals surface area contributed by atoms with Gasteiger partial charge in [-0.2, -0.15) is 0 Å². The molecular formula is C24H24ClFO4. The van der Waals surface area contributed by atoms with E-state index in [2.05, 4.69) is 0 Å². The average Bonchev–Trinajstić information content (AvgIpc) is 3.04. The Labute approximate surface area is 180 Å². The number of carbonyl (C=O) groups excluding carboxylic acids is 1. The quantitative estimate of drug-likeness (QED) is 0.692. The molecule has 0 saturated carbocycles. The number of ketones is 1. The molecule has 2 aromatic rings. The minimum atomic E-state index is -0.975. The lowest BCUT2D eigenvalue weighted by Gasteiger charge is -2.34. The van der Waals surface area contributed by atoms with Gasteiger partial charge in [-0.25, -0.2) is 4.39 Å². The molecule has 0 aromatic heterocycles. The largest absolute Gasteiger partial charge is 0.508 e. The van der Waals surface area contributed by atoms with Gasteiger partial charge in [-0.15, -0.1) is 0 Å². The molecular weight excluding hydrogens is 407 g/mol. The third-order valence-corrected chi connectivity index (χ3v) is 6.60. The highest BCUT2D eigenvalue weighted by molar-refractivity contribution is 6.30. The Hall–Kier alpha value is -2.21. The molecule has 0 spiro atoms. The SMILES string of the molecule is CCc1ccc(-c2ccc(Cl)c(F)c2)cc1C1=C(O)[C@]2(C)O[C@H](CC2COC)C1=O. The first kappa shape index (κ1) is 21.0. The van der Waals surface area contributed by atoms with E-state index in [0.29, 0.717) is 36.1 Å². The van der Waals surface area contributed by atoms with Crippen molar-refractivity contribution in [1.82, 2.24) is 0 Å². The van der Waals surface area contributed by atoms with E-state index in [-0.39, 0.29) is 22.5 Å². The average molecular weight is 431 g/mol. The summed E-state index contributed by atoms with van der Waals surface area (Å²) in [6.07, 6.45) is 0.570. The molecule has 2 bridgehead atoms. The summed E-state index contributed by atoms with van der Waals surface area (Å²) in [5.74, 6) is -0.907. The fourth-order valence-electron chi connectivity index (χ4n) is 4.52. The van der Waals surface area contributed by atoms with Crippen LogP contribution in [0.4, 0.5) is 4.39 Å². The molecule has 3 atom stereocenters. The molecule has 4 rings (SSSR count). The first-order chi connectivity index (χ1) is 14.3. The fraction of sp³-hybridized carbons (Fsp3) is 0.375. The van der Waals surface area contributed by atoms with Crippen molar-refractivity contribution in [2.75, 3.05) is 13.7 Å². The van der Waals surface area contributed by atoms with Crippen molar-refractivity contribution < 1.29 is 23.8 Å². The standard InChI is InChI=1S/C24H24ClFO4/c1-4-13-5-6-14(15-7-8-18(25)19(26)10-15)9-17(13)21-22(27)20-11-16(12-29-3)24(2,30-20)23(21)28/h5-10,16,20,28H,4,11-12H2,1-3H3/t16?,20-,24-/m1/s1. The number of aryl methyl sites for hydroxylation is 1. The van der Waals surface area contributed by atoms with Crippen molar-refractivity contribution in [1.29, 1.82) is 0 Å². The molecule has 2 aliphatic heterocycles. The third-order valence-electron chi connectivity index (χ3n) is 6.29. The molecule has 2 aromatic carbocycles. The van der Waals surface area contributed by atoms with Gasteiger partial charge in [0.05, 0.1) is 17.2 Å². The van der Waals surface area contributed by atoms with Gasteiger partial charge < -0.3 is 14.6 Å². The van der Waals surface area contributed by atoms with E-state index < -0.39 is 17.5 Å². The molecule has 4 nitrogen and oxygen atoms in total. The summed E-state index contributed by atoms with van der Waals surface area (Å²) in [6, 6.07) is 10.2. The zero-order chi connectivity index (χ0) is 21.6. The molecule has 1 unspecified atom stereocenters. The Bertz CT molecular complexity index is 1050. The summed E-state index contributed by atoms with van der Waals surface area (Å²) in [6.45, 7) is 4.19. The number of halogens is 2. The molecule has 158 valence electrons. The van der Waals surface area contributed by atoms with Crippen LogP contribution in [0.15, 0.2) is 42.2 Å². The number of rotatable bonds is 5. The Kier molecular flexibility index (Phi) is 5.47. The number of fused-ring (bicyclic) bond motifs is 2. The normalized spacial score (nSPS) is 25.8. The molecule has 2 aliphatic rings. The van der Waals surface area contributed by atoms with Gasteiger partial charge in [-0.1, -0.05) is 36.7 Å². The summed E-state index contributed by atoms with van der Waals surface area (Å²) in [5.41, 5.74) is 2.29. The maximum Gasteiger partial charge on any atom is 0.195 e. The number of aliphatic hydroxyl groups excluding tert-OH is 1. The fourth-order valence-corrected chi connectivity index (χ4v) is 4.64. The number of hydrogen-bond donors (Lipinski definition) is 1. The maximum absolute atomic E-state index is 14.0. The summed E-state index contributed by atoms with van der Waals surface area (Å²) in [5, 5.41) is 11.3.